The van der Waals surface area contributed by atoms with E-state index >= 15 is 0 Å². The summed E-state index contributed by atoms with van der Waals surface area (Å²) < 4.78 is 0. The van der Waals surface area contributed by atoms with Crippen molar-refractivity contribution in [1.82, 2.24) is 4.90 Å². The van der Waals surface area contributed by atoms with E-state index in [-0.39, 0.29) is 17.6 Å². The van der Waals surface area contributed by atoms with Crippen LogP contribution >= 0.6 is 0 Å². The van der Waals surface area contributed by atoms with Crippen LogP contribution in [0.4, 0.5) is 17.1 Å². The van der Waals surface area contributed by atoms with Gasteiger partial charge in [0.15, 0.2) is 11.6 Å². The minimum Gasteiger partial charge on any atom is -0.396 e. The van der Waals surface area contributed by atoms with Crippen LogP contribution in [0.2, 0.25) is 0 Å². The third-order valence-electron chi connectivity index (χ3n) is 5.50. The molecular weight excluding hydrogens is 352 g/mol. The van der Waals surface area contributed by atoms with Crippen molar-refractivity contribution in [3.8, 4) is 0 Å². The summed E-state index contributed by atoms with van der Waals surface area (Å²) in [6, 6.07) is 9.04. The second-order valence-corrected chi connectivity index (χ2v) is 7.90. The van der Waals surface area contributed by atoms with E-state index in [0.29, 0.717) is 33.6 Å². The Balaban J connectivity index is 1.91. The fourth-order valence-electron chi connectivity index (χ4n) is 4.04. The van der Waals surface area contributed by atoms with Crippen molar-refractivity contribution in [2.24, 2.45) is 0 Å². The molecule has 146 valence electrons. The van der Waals surface area contributed by atoms with Crippen LogP contribution in [-0.2, 0) is 0 Å². The summed E-state index contributed by atoms with van der Waals surface area (Å²) in [7, 11) is 2.10. The molecule has 0 bridgehead atoms. The van der Waals surface area contributed by atoms with Gasteiger partial charge in [0.1, 0.15) is 0 Å². The Bertz CT molecular complexity index is 959. The number of hydrogen-bond donors (Lipinski definition) is 2. The molecule has 2 aromatic carbocycles. The molecule has 1 saturated heterocycles. The van der Waals surface area contributed by atoms with Crippen molar-refractivity contribution in [3.05, 3.63) is 52.6 Å². The number of piperazine rings is 1. The number of anilines is 3. The average molecular weight is 378 g/mol. The molecule has 0 spiro atoms. The summed E-state index contributed by atoms with van der Waals surface area (Å²) >= 11 is 0. The summed E-state index contributed by atoms with van der Waals surface area (Å²) in [6.07, 6.45) is 0. The van der Waals surface area contributed by atoms with Crippen LogP contribution in [0.1, 0.15) is 45.7 Å². The van der Waals surface area contributed by atoms with Crippen LogP contribution in [0, 0.1) is 0 Å². The molecule has 2 aromatic rings. The highest BCUT2D eigenvalue weighted by Gasteiger charge is 2.35. The maximum atomic E-state index is 13.3. The molecule has 1 aliphatic heterocycles. The van der Waals surface area contributed by atoms with Crippen LogP contribution in [-0.4, -0.2) is 55.7 Å². The van der Waals surface area contributed by atoms with E-state index in [1.807, 2.05) is 19.9 Å². The predicted molar refractivity (Wildman–Crippen MR) is 113 cm³/mol. The van der Waals surface area contributed by atoms with Gasteiger partial charge in [0.2, 0.25) is 0 Å². The lowest BCUT2D eigenvalue weighted by molar-refractivity contribution is 0.0980. The van der Waals surface area contributed by atoms with Crippen LogP contribution in [0.15, 0.2) is 30.3 Å². The van der Waals surface area contributed by atoms with Crippen LogP contribution in [0.5, 0.6) is 0 Å². The lowest BCUT2D eigenvalue weighted by atomic mass is 9.81. The van der Waals surface area contributed by atoms with Gasteiger partial charge in [-0.1, -0.05) is 24.3 Å². The number of carbonyl (C=O) groups excluding carboxylic acids is 2. The van der Waals surface area contributed by atoms with Gasteiger partial charge in [0.05, 0.1) is 22.5 Å². The van der Waals surface area contributed by atoms with Crippen molar-refractivity contribution < 1.29 is 9.59 Å². The molecule has 4 rings (SSSR count). The normalized spacial score (nSPS) is 16.9. The maximum absolute atomic E-state index is 13.3. The second-order valence-electron chi connectivity index (χ2n) is 7.90. The first-order chi connectivity index (χ1) is 13.4. The maximum Gasteiger partial charge on any atom is 0.196 e. The molecule has 0 saturated carbocycles. The smallest absolute Gasteiger partial charge is 0.196 e. The fraction of sp³-hybridized carbons (Fsp3) is 0.364. The van der Waals surface area contributed by atoms with Gasteiger partial charge < -0.3 is 20.9 Å². The Kier molecular flexibility index (Phi) is 4.59. The SMILES string of the molecule is CC(C)Nc1cc(N2CCN(C)CC2)c(N)c2c1C(=O)c1ccccc1C2=O. The summed E-state index contributed by atoms with van der Waals surface area (Å²) in [5.41, 5.74) is 10.0. The van der Waals surface area contributed by atoms with Crippen molar-refractivity contribution in [3.63, 3.8) is 0 Å². The second kappa shape index (κ2) is 6.95. The highest BCUT2D eigenvalue weighted by atomic mass is 16.1. The molecular formula is C22H26N4O2. The number of likely N-dealkylation sites (N-methyl/N-ethyl adjacent to an activating group) is 1. The molecule has 6 heteroatoms. The summed E-state index contributed by atoms with van der Waals surface area (Å²) in [6.45, 7) is 7.56. The lowest BCUT2D eigenvalue weighted by Gasteiger charge is -2.36. The third kappa shape index (κ3) is 2.94. The molecule has 0 amide bonds. The first-order valence-corrected chi connectivity index (χ1v) is 9.73. The van der Waals surface area contributed by atoms with Crippen molar-refractivity contribution >= 4 is 28.6 Å². The standard InChI is InChI=1S/C22H26N4O2/c1-13(2)24-16-12-17(26-10-8-25(3)9-11-26)20(23)19-18(16)21(27)14-6-4-5-7-15(14)22(19)28/h4-7,12-13,24H,8-11,23H2,1-3H3. The van der Waals surface area contributed by atoms with Crippen LogP contribution in [0.3, 0.4) is 0 Å². The molecule has 0 aromatic heterocycles. The van der Waals surface area contributed by atoms with Gasteiger partial charge in [-0.15, -0.1) is 0 Å². The van der Waals surface area contributed by atoms with Gasteiger partial charge >= 0.3 is 0 Å². The zero-order valence-electron chi connectivity index (χ0n) is 16.6. The van der Waals surface area contributed by atoms with E-state index in [9.17, 15) is 9.59 Å². The Morgan fingerprint density at radius 3 is 2.11 bits per heavy atom. The minimum atomic E-state index is -0.175. The van der Waals surface area contributed by atoms with Crippen molar-refractivity contribution in [1.29, 1.82) is 0 Å². The lowest BCUT2D eigenvalue weighted by Crippen LogP contribution is -2.45. The van der Waals surface area contributed by atoms with E-state index in [1.54, 1.807) is 24.3 Å². The van der Waals surface area contributed by atoms with Crippen molar-refractivity contribution in [2.45, 2.75) is 19.9 Å². The van der Waals surface area contributed by atoms with Crippen molar-refractivity contribution in [2.75, 3.05) is 49.2 Å². The molecule has 0 atom stereocenters. The molecule has 1 heterocycles. The Morgan fingerprint density at radius 1 is 0.964 bits per heavy atom. The fourth-order valence-corrected chi connectivity index (χ4v) is 4.04. The molecule has 6 nitrogen and oxygen atoms in total. The summed E-state index contributed by atoms with van der Waals surface area (Å²) in [5, 5.41) is 3.36. The molecule has 28 heavy (non-hydrogen) atoms. The van der Waals surface area contributed by atoms with Gasteiger partial charge in [0, 0.05) is 49.0 Å². The van der Waals surface area contributed by atoms with E-state index in [2.05, 4.69) is 22.2 Å². The Hall–Kier alpha value is -2.86. The van der Waals surface area contributed by atoms with Crippen LogP contribution in [0.25, 0.3) is 0 Å². The van der Waals surface area contributed by atoms with E-state index in [4.69, 9.17) is 5.73 Å². The Labute approximate surface area is 165 Å². The van der Waals surface area contributed by atoms with Gasteiger partial charge in [-0.05, 0) is 27.0 Å². The number of hydrogen-bond acceptors (Lipinski definition) is 6. The predicted octanol–water partition coefficient (Wildman–Crippen LogP) is 2.62. The Morgan fingerprint density at radius 2 is 1.54 bits per heavy atom. The number of nitrogens with zero attached hydrogens (tertiary/aromatic N) is 2. The summed E-state index contributed by atoms with van der Waals surface area (Å²) in [5.74, 6) is -0.324. The van der Waals surface area contributed by atoms with E-state index in [1.165, 1.54) is 0 Å². The highest BCUT2D eigenvalue weighted by molar-refractivity contribution is 6.32. The number of benzene rings is 2. The van der Waals surface area contributed by atoms with E-state index < -0.39 is 0 Å². The number of rotatable bonds is 3. The molecule has 0 unspecified atom stereocenters. The number of ketones is 2. The van der Waals surface area contributed by atoms with Crippen LogP contribution < -0.4 is 16.0 Å². The highest BCUT2D eigenvalue weighted by Crippen LogP contribution is 2.41. The molecule has 1 aliphatic carbocycles. The average Bonchev–Trinajstić information content (AvgIpc) is 2.67. The molecule has 3 N–H and O–H groups in total. The zero-order chi connectivity index (χ0) is 20.0. The molecule has 2 aliphatic rings. The molecule has 1 fully saturated rings. The largest absolute Gasteiger partial charge is 0.396 e. The number of carbonyl (C=O) groups is 2. The third-order valence-corrected chi connectivity index (χ3v) is 5.50. The topological polar surface area (TPSA) is 78.7 Å². The number of nitrogens with one attached hydrogen (secondary N) is 1. The monoisotopic (exact) mass is 378 g/mol. The first-order valence-electron chi connectivity index (χ1n) is 9.73. The molecule has 0 radical (unpaired) electrons. The first kappa shape index (κ1) is 18.5. The zero-order valence-corrected chi connectivity index (χ0v) is 16.6. The number of fused-ring (bicyclic) bond motifs is 2. The summed E-state index contributed by atoms with van der Waals surface area (Å²) in [4.78, 5) is 31.1. The minimum absolute atomic E-state index is 0.119. The van der Waals surface area contributed by atoms with Gasteiger partial charge in [-0.2, -0.15) is 0 Å². The quantitative estimate of drug-likeness (QED) is 0.682. The van der Waals surface area contributed by atoms with Gasteiger partial charge in [-0.25, -0.2) is 0 Å². The van der Waals surface area contributed by atoms with E-state index in [0.717, 1.165) is 31.9 Å². The van der Waals surface area contributed by atoms with Gasteiger partial charge in [-0.3, -0.25) is 9.59 Å². The van der Waals surface area contributed by atoms with Gasteiger partial charge in [0.25, 0.3) is 0 Å². The number of nitrogen functional groups attached to an aromatic ring is 1. The number of nitrogens with two attached hydrogens (primary N) is 1.